The molecule has 5 heteroatoms. The lowest BCUT2D eigenvalue weighted by Crippen LogP contribution is -2.06. The quantitative estimate of drug-likeness (QED) is 0.645. The van der Waals surface area contributed by atoms with Crippen LogP contribution >= 0.6 is 0 Å². The van der Waals surface area contributed by atoms with Crippen LogP contribution in [0.2, 0.25) is 0 Å². The van der Waals surface area contributed by atoms with Gasteiger partial charge >= 0.3 is 0 Å². The van der Waals surface area contributed by atoms with Crippen LogP contribution in [-0.2, 0) is 0 Å². The molecule has 0 fully saturated rings. The Hall–Kier alpha value is -3.36. The van der Waals surface area contributed by atoms with Crippen LogP contribution in [-0.4, -0.2) is 28.2 Å². The molecule has 2 aromatic heterocycles. The summed E-state index contributed by atoms with van der Waals surface area (Å²) in [5.41, 5.74) is 4.22. The highest BCUT2D eigenvalue weighted by atomic mass is 16.3. The minimum atomic E-state index is 0.00288. The molecular formula is C20H18N4O. The van der Waals surface area contributed by atoms with Gasteiger partial charge in [0.2, 0.25) is 0 Å². The molecule has 2 heterocycles. The standard InChI is InChI=1S/C20H18N4O/c21-14-17-13-19(24-20(17)23-10-11-25)16-8-9-22-18(12-16)7-6-15-4-2-1-3-5-15/h1-9,12-13,23-25H,10-11H2/b7-6+. The van der Waals surface area contributed by atoms with Crippen LogP contribution in [0.25, 0.3) is 23.4 Å². The Labute approximate surface area is 146 Å². The van der Waals surface area contributed by atoms with Crippen molar-refractivity contribution in [2.75, 3.05) is 18.5 Å². The number of aliphatic hydroxyl groups is 1. The number of H-pyrrole nitrogens is 1. The van der Waals surface area contributed by atoms with E-state index >= 15 is 0 Å². The molecular weight excluding hydrogens is 312 g/mol. The third kappa shape index (κ3) is 4.14. The lowest BCUT2D eigenvalue weighted by Gasteiger charge is -2.02. The van der Waals surface area contributed by atoms with Gasteiger partial charge in [-0.05, 0) is 29.8 Å². The van der Waals surface area contributed by atoms with Crippen LogP contribution < -0.4 is 5.32 Å². The predicted molar refractivity (Wildman–Crippen MR) is 99.7 cm³/mol. The summed E-state index contributed by atoms with van der Waals surface area (Å²) in [7, 11) is 0. The lowest BCUT2D eigenvalue weighted by atomic mass is 10.1. The second-order valence-electron chi connectivity index (χ2n) is 5.45. The number of aromatic amines is 1. The fourth-order valence-electron chi connectivity index (χ4n) is 2.47. The van der Waals surface area contributed by atoms with E-state index in [1.807, 2.05) is 54.6 Å². The number of pyridine rings is 1. The van der Waals surface area contributed by atoms with E-state index in [1.165, 1.54) is 0 Å². The first-order valence-electron chi connectivity index (χ1n) is 7.97. The van der Waals surface area contributed by atoms with Crippen molar-refractivity contribution in [3.05, 3.63) is 71.5 Å². The maximum Gasteiger partial charge on any atom is 0.122 e. The van der Waals surface area contributed by atoms with E-state index in [0.29, 0.717) is 17.9 Å². The van der Waals surface area contributed by atoms with Crippen LogP contribution in [0, 0.1) is 11.3 Å². The van der Waals surface area contributed by atoms with Crippen molar-refractivity contribution >= 4 is 18.0 Å². The number of nitriles is 1. The van der Waals surface area contributed by atoms with Gasteiger partial charge in [0.15, 0.2) is 0 Å². The zero-order valence-electron chi connectivity index (χ0n) is 13.6. The molecule has 5 nitrogen and oxygen atoms in total. The summed E-state index contributed by atoms with van der Waals surface area (Å²) in [4.78, 5) is 7.55. The highest BCUT2D eigenvalue weighted by molar-refractivity contribution is 5.73. The molecule has 0 spiro atoms. The van der Waals surface area contributed by atoms with Gasteiger partial charge in [0.1, 0.15) is 11.9 Å². The molecule has 0 saturated carbocycles. The number of hydrogen-bond acceptors (Lipinski definition) is 4. The second kappa shape index (κ2) is 7.95. The van der Waals surface area contributed by atoms with Crippen LogP contribution in [0.3, 0.4) is 0 Å². The largest absolute Gasteiger partial charge is 0.395 e. The Morgan fingerprint density at radius 1 is 1.16 bits per heavy atom. The van der Waals surface area contributed by atoms with Crippen LogP contribution in [0.4, 0.5) is 5.82 Å². The maximum atomic E-state index is 9.25. The van der Waals surface area contributed by atoms with Crippen molar-refractivity contribution in [3.63, 3.8) is 0 Å². The second-order valence-corrected chi connectivity index (χ2v) is 5.45. The first-order valence-corrected chi connectivity index (χ1v) is 7.97. The van der Waals surface area contributed by atoms with Crippen LogP contribution in [0.5, 0.6) is 0 Å². The average molecular weight is 330 g/mol. The van der Waals surface area contributed by atoms with Gasteiger partial charge in [-0.2, -0.15) is 5.26 Å². The SMILES string of the molecule is N#Cc1cc(-c2ccnc(/C=C/c3ccccc3)c2)[nH]c1NCCO. The number of nitrogens with zero attached hydrogens (tertiary/aromatic N) is 2. The number of hydrogen-bond donors (Lipinski definition) is 3. The summed E-state index contributed by atoms with van der Waals surface area (Å²) in [5.74, 6) is 0.615. The smallest absolute Gasteiger partial charge is 0.122 e. The van der Waals surface area contributed by atoms with Crippen molar-refractivity contribution in [1.82, 2.24) is 9.97 Å². The number of anilines is 1. The summed E-state index contributed by atoms with van der Waals surface area (Å²) >= 11 is 0. The van der Waals surface area contributed by atoms with Crippen molar-refractivity contribution in [2.45, 2.75) is 0 Å². The molecule has 0 aliphatic carbocycles. The molecule has 0 radical (unpaired) electrons. The van der Waals surface area contributed by atoms with Gasteiger partial charge in [0.05, 0.1) is 17.9 Å². The van der Waals surface area contributed by atoms with E-state index in [-0.39, 0.29) is 6.61 Å². The molecule has 0 unspecified atom stereocenters. The van der Waals surface area contributed by atoms with Crippen molar-refractivity contribution in [2.24, 2.45) is 0 Å². The van der Waals surface area contributed by atoms with E-state index < -0.39 is 0 Å². The van der Waals surface area contributed by atoms with Gasteiger partial charge in [-0.15, -0.1) is 0 Å². The molecule has 3 N–H and O–H groups in total. The summed E-state index contributed by atoms with van der Waals surface area (Å²) in [6.45, 7) is 0.388. The van der Waals surface area contributed by atoms with E-state index in [2.05, 4.69) is 21.4 Å². The number of rotatable bonds is 6. The molecule has 0 aliphatic rings. The number of benzene rings is 1. The molecule has 0 aliphatic heterocycles. The summed E-state index contributed by atoms with van der Waals surface area (Å²) in [6, 6.07) is 17.8. The number of aliphatic hydroxyl groups excluding tert-OH is 1. The Balaban J connectivity index is 1.85. The molecule has 0 saturated heterocycles. The first-order chi connectivity index (χ1) is 12.3. The Bertz CT molecular complexity index is 907. The molecule has 1 aromatic carbocycles. The molecule has 3 aromatic rings. The molecule has 0 amide bonds. The highest BCUT2D eigenvalue weighted by Gasteiger charge is 2.09. The zero-order chi connectivity index (χ0) is 17.5. The van der Waals surface area contributed by atoms with Gasteiger partial charge in [-0.1, -0.05) is 36.4 Å². The average Bonchev–Trinajstić information content (AvgIpc) is 3.09. The number of aromatic nitrogens is 2. The Morgan fingerprint density at radius 2 is 2.00 bits per heavy atom. The monoisotopic (exact) mass is 330 g/mol. The van der Waals surface area contributed by atoms with Gasteiger partial charge in [-0.3, -0.25) is 4.98 Å². The van der Waals surface area contributed by atoms with E-state index in [4.69, 9.17) is 5.11 Å². The highest BCUT2D eigenvalue weighted by Crippen LogP contribution is 2.25. The van der Waals surface area contributed by atoms with Crippen LogP contribution in [0.15, 0.2) is 54.7 Å². The third-order valence-corrected chi connectivity index (χ3v) is 3.69. The molecule has 25 heavy (non-hydrogen) atoms. The summed E-state index contributed by atoms with van der Waals surface area (Å²) in [5, 5.41) is 21.2. The van der Waals surface area contributed by atoms with Gasteiger partial charge < -0.3 is 15.4 Å². The minimum Gasteiger partial charge on any atom is -0.395 e. The van der Waals surface area contributed by atoms with Gasteiger partial charge in [-0.25, -0.2) is 0 Å². The first kappa shape index (κ1) is 16.5. The normalized spacial score (nSPS) is 10.7. The van der Waals surface area contributed by atoms with Crippen molar-refractivity contribution < 1.29 is 5.11 Å². The van der Waals surface area contributed by atoms with E-state index in [9.17, 15) is 5.26 Å². The van der Waals surface area contributed by atoms with Gasteiger partial charge in [0.25, 0.3) is 0 Å². The summed E-state index contributed by atoms with van der Waals surface area (Å²) in [6.07, 6.45) is 5.71. The van der Waals surface area contributed by atoms with Crippen LogP contribution in [0.1, 0.15) is 16.8 Å². The Kier molecular flexibility index (Phi) is 5.25. The zero-order valence-corrected chi connectivity index (χ0v) is 13.6. The third-order valence-electron chi connectivity index (χ3n) is 3.69. The fourth-order valence-corrected chi connectivity index (χ4v) is 2.47. The van der Waals surface area contributed by atoms with Gasteiger partial charge in [0, 0.05) is 24.0 Å². The fraction of sp³-hybridized carbons (Fsp3) is 0.100. The maximum absolute atomic E-state index is 9.25. The molecule has 0 atom stereocenters. The van der Waals surface area contributed by atoms with Crippen molar-refractivity contribution in [1.29, 1.82) is 5.26 Å². The molecule has 0 bridgehead atoms. The topological polar surface area (TPSA) is 84.7 Å². The summed E-state index contributed by atoms with van der Waals surface area (Å²) < 4.78 is 0. The van der Waals surface area contributed by atoms with E-state index in [0.717, 1.165) is 22.5 Å². The number of nitrogens with one attached hydrogen (secondary N) is 2. The van der Waals surface area contributed by atoms with E-state index in [1.54, 1.807) is 12.3 Å². The Morgan fingerprint density at radius 3 is 2.76 bits per heavy atom. The molecule has 3 rings (SSSR count). The molecule has 124 valence electrons. The lowest BCUT2D eigenvalue weighted by molar-refractivity contribution is 0.311. The minimum absolute atomic E-state index is 0.00288. The predicted octanol–water partition coefficient (Wildman–Crippen LogP) is 3.52. The van der Waals surface area contributed by atoms with Crippen molar-refractivity contribution in [3.8, 4) is 17.3 Å².